The van der Waals surface area contributed by atoms with Crippen LogP contribution in [0, 0.1) is 5.92 Å². The number of H-pyrrole nitrogens is 1. The van der Waals surface area contributed by atoms with Gasteiger partial charge in [0.15, 0.2) is 0 Å². The molecule has 1 saturated heterocycles. The first-order valence-corrected chi connectivity index (χ1v) is 11.1. The summed E-state index contributed by atoms with van der Waals surface area (Å²) in [5.74, 6) is 1.27. The quantitative estimate of drug-likeness (QED) is 0.616. The van der Waals surface area contributed by atoms with E-state index in [0.717, 1.165) is 18.0 Å². The van der Waals surface area contributed by atoms with Crippen molar-refractivity contribution in [3.05, 3.63) is 75.8 Å². The van der Waals surface area contributed by atoms with Crippen molar-refractivity contribution in [1.29, 1.82) is 0 Å². The highest BCUT2D eigenvalue weighted by atomic mass is 16.1. The first kappa shape index (κ1) is 21.2. The minimum Gasteiger partial charge on any atom is -0.352 e. The van der Waals surface area contributed by atoms with E-state index in [1.165, 1.54) is 31.5 Å². The molecule has 1 aromatic heterocycles. The fourth-order valence-electron chi connectivity index (χ4n) is 4.23. The molecule has 4 rings (SSSR count). The third-order valence-electron chi connectivity index (χ3n) is 5.91. The molecule has 0 saturated carbocycles. The maximum Gasteiger partial charge on any atom is 0.258 e. The summed E-state index contributed by atoms with van der Waals surface area (Å²) in [7, 11) is 0. The highest BCUT2D eigenvalue weighted by Crippen LogP contribution is 2.18. The van der Waals surface area contributed by atoms with E-state index in [1.807, 2.05) is 18.2 Å². The van der Waals surface area contributed by atoms with Crippen molar-refractivity contribution >= 4 is 16.8 Å². The maximum absolute atomic E-state index is 12.3. The Kier molecular flexibility index (Phi) is 6.77. The van der Waals surface area contributed by atoms with Gasteiger partial charge in [-0.2, -0.15) is 0 Å². The molecule has 0 unspecified atom stereocenters. The monoisotopic (exact) mass is 418 g/mol. The van der Waals surface area contributed by atoms with E-state index in [9.17, 15) is 9.59 Å². The average Bonchev–Trinajstić information content (AvgIpc) is 2.77. The third kappa shape index (κ3) is 5.79. The summed E-state index contributed by atoms with van der Waals surface area (Å²) >= 11 is 0. The molecule has 0 bridgehead atoms. The normalized spacial score (nSPS) is 17.0. The molecule has 31 heavy (non-hydrogen) atoms. The van der Waals surface area contributed by atoms with Gasteiger partial charge in [0.25, 0.3) is 5.56 Å². The van der Waals surface area contributed by atoms with Crippen LogP contribution in [0.4, 0.5) is 0 Å². The van der Waals surface area contributed by atoms with Crippen LogP contribution in [0.2, 0.25) is 0 Å². The number of nitrogens with zero attached hydrogens (tertiary/aromatic N) is 2. The van der Waals surface area contributed by atoms with Crippen molar-refractivity contribution in [2.45, 2.75) is 45.7 Å². The van der Waals surface area contributed by atoms with Gasteiger partial charge in [-0.15, -0.1) is 0 Å². The van der Waals surface area contributed by atoms with E-state index in [2.05, 4.69) is 51.4 Å². The first-order valence-electron chi connectivity index (χ1n) is 11.1. The van der Waals surface area contributed by atoms with Crippen LogP contribution in [0.25, 0.3) is 10.9 Å². The lowest BCUT2D eigenvalue weighted by Crippen LogP contribution is -2.33. The number of nitrogens with one attached hydrogen (secondary N) is 2. The number of fused-ring (bicyclic) bond motifs is 1. The van der Waals surface area contributed by atoms with E-state index in [0.29, 0.717) is 29.7 Å². The molecular formula is C25H30N4O2. The summed E-state index contributed by atoms with van der Waals surface area (Å²) < 4.78 is 0. The molecule has 2 aromatic carbocycles. The topological polar surface area (TPSA) is 78.1 Å². The molecule has 6 heteroatoms. The first-order chi connectivity index (χ1) is 15.1. The second-order valence-electron chi connectivity index (χ2n) is 8.61. The van der Waals surface area contributed by atoms with Gasteiger partial charge in [-0.3, -0.25) is 14.5 Å². The van der Waals surface area contributed by atoms with Gasteiger partial charge in [-0.25, -0.2) is 4.98 Å². The average molecular weight is 419 g/mol. The molecule has 1 amide bonds. The van der Waals surface area contributed by atoms with E-state index in [-0.39, 0.29) is 17.9 Å². The van der Waals surface area contributed by atoms with Crippen LogP contribution in [0.15, 0.2) is 53.3 Å². The fraction of sp³-hybridized carbons (Fsp3) is 0.400. The third-order valence-corrected chi connectivity index (χ3v) is 5.91. The highest BCUT2D eigenvalue weighted by molar-refractivity contribution is 5.78. The van der Waals surface area contributed by atoms with Crippen molar-refractivity contribution in [3.63, 3.8) is 0 Å². The van der Waals surface area contributed by atoms with Crippen molar-refractivity contribution in [3.8, 4) is 0 Å². The number of benzene rings is 2. The Morgan fingerprint density at radius 1 is 1.16 bits per heavy atom. The Morgan fingerprint density at radius 3 is 2.74 bits per heavy atom. The molecule has 6 nitrogen and oxygen atoms in total. The van der Waals surface area contributed by atoms with E-state index in [4.69, 9.17) is 0 Å². The van der Waals surface area contributed by atoms with Crippen molar-refractivity contribution in [2.24, 2.45) is 5.92 Å². The van der Waals surface area contributed by atoms with Gasteiger partial charge in [0, 0.05) is 32.5 Å². The predicted octanol–water partition coefficient (Wildman–Crippen LogP) is 3.40. The van der Waals surface area contributed by atoms with Gasteiger partial charge in [-0.05, 0) is 48.6 Å². The molecule has 1 aliphatic rings. The van der Waals surface area contributed by atoms with Crippen LogP contribution in [0.3, 0.4) is 0 Å². The number of hydrogen-bond acceptors (Lipinski definition) is 4. The molecule has 1 aliphatic heterocycles. The number of hydrogen-bond donors (Lipinski definition) is 2. The van der Waals surface area contributed by atoms with Gasteiger partial charge >= 0.3 is 0 Å². The molecule has 0 spiro atoms. The summed E-state index contributed by atoms with van der Waals surface area (Å²) in [5, 5.41) is 3.52. The number of piperidine rings is 1. The largest absolute Gasteiger partial charge is 0.352 e. The number of para-hydroxylation sites is 1. The molecule has 1 fully saturated rings. The molecule has 0 aliphatic carbocycles. The fourth-order valence-corrected chi connectivity index (χ4v) is 4.23. The lowest BCUT2D eigenvalue weighted by atomic mass is 9.99. The maximum atomic E-state index is 12.3. The minimum absolute atomic E-state index is 0.0535. The van der Waals surface area contributed by atoms with Gasteiger partial charge in [0.1, 0.15) is 5.82 Å². The smallest absolute Gasteiger partial charge is 0.258 e. The number of amides is 1. The number of rotatable bonds is 7. The summed E-state index contributed by atoms with van der Waals surface area (Å²) in [6, 6.07) is 15.7. The van der Waals surface area contributed by atoms with Crippen molar-refractivity contribution in [2.75, 3.05) is 13.1 Å². The van der Waals surface area contributed by atoms with E-state index < -0.39 is 0 Å². The van der Waals surface area contributed by atoms with Crippen molar-refractivity contribution in [1.82, 2.24) is 20.2 Å². The standard InChI is InChI=1S/C25H30N4O2/c1-18-5-4-14-29(16-18)17-20-10-8-19(9-11-20)15-26-24(30)13-12-23-27-22-7-3-2-6-21(22)25(31)28-23/h2-3,6-11,18H,4-5,12-17H2,1H3,(H,26,30)(H,27,28,31)/t18-/m0/s1. The van der Waals surface area contributed by atoms with Crippen molar-refractivity contribution < 1.29 is 4.79 Å². The molecule has 3 aromatic rings. The highest BCUT2D eigenvalue weighted by Gasteiger charge is 2.16. The Bertz CT molecular complexity index is 1090. The van der Waals surface area contributed by atoms with Gasteiger partial charge < -0.3 is 10.3 Å². The number of aryl methyl sites for hydroxylation is 1. The van der Waals surface area contributed by atoms with E-state index >= 15 is 0 Å². The minimum atomic E-state index is -0.167. The lowest BCUT2D eigenvalue weighted by Gasteiger charge is -2.30. The van der Waals surface area contributed by atoms with E-state index in [1.54, 1.807) is 6.07 Å². The molecule has 2 heterocycles. The number of likely N-dealkylation sites (tertiary alicyclic amines) is 1. The van der Waals surface area contributed by atoms with Crippen LogP contribution < -0.4 is 10.9 Å². The predicted molar refractivity (Wildman–Crippen MR) is 123 cm³/mol. The number of aromatic amines is 1. The summed E-state index contributed by atoms with van der Waals surface area (Å²) in [6.07, 6.45) is 3.31. The molecule has 162 valence electrons. The zero-order valence-corrected chi connectivity index (χ0v) is 18.1. The number of aromatic nitrogens is 2. The molecular weight excluding hydrogens is 388 g/mol. The lowest BCUT2D eigenvalue weighted by molar-refractivity contribution is -0.121. The van der Waals surface area contributed by atoms with Crippen LogP contribution >= 0.6 is 0 Å². The zero-order valence-electron chi connectivity index (χ0n) is 18.1. The Morgan fingerprint density at radius 2 is 1.94 bits per heavy atom. The second kappa shape index (κ2) is 9.88. The Hall–Kier alpha value is -2.99. The summed E-state index contributed by atoms with van der Waals surface area (Å²) in [6.45, 7) is 6.18. The number of carbonyl (C=O) groups excluding carboxylic acids is 1. The van der Waals surface area contributed by atoms with Gasteiger partial charge in [-0.1, -0.05) is 43.3 Å². The second-order valence-corrected chi connectivity index (χ2v) is 8.61. The zero-order chi connectivity index (χ0) is 21.6. The molecule has 0 radical (unpaired) electrons. The van der Waals surface area contributed by atoms with Gasteiger partial charge in [0.2, 0.25) is 5.91 Å². The van der Waals surface area contributed by atoms with Crippen LogP contribution in [0.5, 0.6) is 0 Å². The van der Waals surface area contributed by atoms with Crippen LogP contribution in [0.1, 0.15) is 43.1 Å². The van der Waals surface area contributed by atoms with Gasteiger partial charge in [0.05, 0.1) is 10.9 Å². The SMILES string of the molecule is C[C@H]1CCCN(Cc2ccc(CNC(=O)CCc3nc4ccccc4c(=O)[nH]3)cc2)C1. The van der Waals surface area contributed by atoms with Crippen LogP contribution in [-0.2, 0) is 24.3 Å². The Labute approximate surface area is 182 Å². The van der Waals surface area contributed by atoms with Crippen LogP contribution in [-0.4, -0.2) is 33.9 Å². The molecule has 2 N–H and O–H groups in total. The number of carbonyl (C=O) groups is 1. The summed E-state index contributed by atoms with van der Waals surface area (Å²) in [5.41, 5.74) is 2.89. The summed E-state index contributed by atoms with van der Waals surface area (Å²) in [4.78, 5) is 34.1. The Balaban J connectivity index is 1.25. The molecule has 1 atom stereocenters.